The lowest BCUT2D eigenvalue weighted by atomic mass is 10.2. The summed E-state index contributed by atoms with van der Waals surface area (Å²) in [6, 6.07) is 3.58. The van der Waals surface area contributed by atoms with Gasteiger partial charge in [-0.1, -0.05) is 11.6 Å². The van der Waals surface area contributed by atoms with Gasteiger partial charge in [0.2, 0.25) is 0 Å². The molecule has 0 radical (unpaired) electrons. The van der Waals surface area contributed by atoms with Crippen molar-refractivity contribution in [2.45, 2.75) is 6.61 Å². The van der Waals surface area contributed by atoms with Crippen LogP contribution in [0.4, 0.5) is 4.39 Å². The fraction of sp³-hybridized carbons (Fsp3) is 0.167. The second-order valence-corrected chi connectivity index (χ2v) is 4.88. The first-order valence-corrected chi connectivity index (χ1v) is 6.39. The molecule has 7 heteroatoms. The maximum atomic E-state index is 13.3. The van der Waals surface area contributed by atoms with Crippen molar-refractivity contribution in [3.63, 3.8) is 0 Å². The van der Waals surface area contributed by atoms with Crippen LogP contribution in [-0.2, 0) is 11.3 Å². The van der Waals surface area contributed by atoms with Gasteiger partial charge in [0.15, 0.2) is 5.82 Å². The van der Waals surface area contributed by atoms with Gasteiger partial charge in [-0.2, -0.15) is 0 Å². The molecular weight excluding hydrogens is 338 g/mol. The Morgan fingerprint density at radius 1 is 1.37 bits per heavy atom. The predicted octanol–water partition coefficient (Wildman–Crippen LogP) is 3.55. The van der Waals surface area contributed by atoms with Crippen LogP contribution in [0.25, 0.3) is 11.4 Å². The summed E-state index contributed by atoms with van der Waals surface area (Å²) in [5, 5.41) is 9.58. The summed E-state index contributed by atoms with van der Waals surface area (Å²) in [7, 11) is 1.52. The van der Waals surface area contributed by atoms with Gasteiger partial charge in [0.25, 0.3) is 0 Å². The molecule has 0 saturated carbocycles. The number of halogens is 3. The first-order valence-electron chi connectivity index (χ1n) is 5.22. The number of phenolic OH excluding ortho intramolecular Hbond substituents is 1. The van der Waals surface area contributed by atoms with Crippen molar-refractivity contribution >= 4 is 27.5 Å². The molecule has 2 aromatic rings. The largest absolute Gasteiger partial charge is 0.508 e. The summed E-state index contributed by atoms with van der Waals surface area (Å²) in [4.78, 5) is 8.27. The summed E-state index contributed by atoms with van der Waals surface area (Å²) in [5.74, 6) is -0.563. The van der Waals surface area contributed by atoms with E-state index in [4.69, 9.17) is 16.3 Å². The SMILES string of the molecule is COCc1nc(-c2cc(O)cc(F)c2)nc(Cl)c1Br. The van der Waals surface area contributed by atoms with Crippen LogP contribution in [0.5, 0.6) is 5.75 Å². The lowest BCUT2D eigenvalue weighted by Crippen LogP contribution is -2.00. The van der Waals surface area contributed by atoms with E-state index in [0.717, 1.165) is 6.07 Å². The van der Waals surface area contributed by atoms with Crippen molar-refractivity contribution in [1.29, 1.82) is 0 Å². The highest BCUT2D eigenvalue weighted by atomic mass is 79.9. The standard InChI is InChI=1S/C12H9BrClFN2O2/c1-19-5-9-10(13)11(14)17-12(16-9)6-2-7(15)4-8(18)3-6/h2-4,18H,5H2,1H3. The molecule has 1 aromatic carbocycles. The molecule has 0 aliphatic heterocycles. The minimum Gasteiger partial charge on any atom is -0.508 e. The summed E-state index contributed by atoms with van der Waals surface area (Å²) >= 11 is 9.23. The van der Waals surface area contributed by atoms with Crippen molar-refractivity contribution in [1.82, 2.24) is 9.97 Å². The van der Waals surface area contributed by atoms with Crippen LogP contribution >= 0.6 is 27.5 Å². The third kappa shape index (κ3) is 3.20. The zero-order chi connectivity index (χ0) is 14.0. The number of rotatable bonds is 3. The number of hydrogen-bond donors (Lipinski definition) is 1. The van der Waals surface area contributed by atoms with Crippen molar-refractivity contribution in [3.05, 3.63) is 39.3 Å². The number of ether oxygens (including phenoxy) is 1. The number of benzene rings is 1. The molecule has 0 bridgehead atoms. The second kappa shape index (κ2) is 5.81. The van der Waals surface area contributed by atoms with E-state index in [-0.39, 0.29) is 23.3 Å². The zero-order valence-corrected chi connectivity index (χ0v) is 12.2. The van der Waals surface area contributed by atoms with E-state index in [0.29, 0.717) is 15.7 Å². The summed E-state index contributed by atoms with van der Waals surface area (Å²) in [6.07, 6.45) is 0. The Labute approximate surface area is 122 Å². The van der Waals surface area contributed by atoms with Gasteiger partial charge >= 0.3 is 0 Å². The topological polar surface area (TPSA) is 55.2 Å². The highest BCUT2D eigenvalue weighted by Crippen LogP contribution is 2.29. The van der Waals surface area contributed by atoms with Crippen LogP contribution in [0.3, 0.4) is 0 Å². The minimum absolute atomic E-state index is 0.195. The van der Waals surface area contributed by atoms with Crippen LogP contribution in [0.15, 0.2) is 22.7 Å². The Hall–Kier alpha value is -1.24. The molecule has 0 fully saturated rings. The van der Waals surface area contributed by atoms with Crippen LogP contribution in [-0.4, -0.2) is 22.2 Å². The number of aromatic hydroxyl groups is 1. The molecule has 0 aliphatic rings. The molecule has 19 heavy (non-hydrogen) atoms. The zero-order valence-electron chi connectivity index (χ0n) is 9.82. The van der Waals surface area contributed by atoms with E-state index in [1.807, 2.05) is 0 Å². The van der Waals surface area contributed by atoms with E-state index < -0.39 is 5.82 Å². The van der Waals surface area contributed by atoms with Gasteiger partial charge in [-0.25, -0.2) is 14.4 Å². The second-order valence-electron chi connectivity index (χ2n) is 3.73. The fourth-order valence-corrected chi connectivity index (χ4v) is 2.01. The van der Waals surface area contributed by atoms with Crippen molar-refractivity contribution < 1.29 is 14.2 Å². The molecule has 0 saturated heterocycles. The Balaban J connectivity index is 2.55. The Morgan fingerprint density at radius 3 is 2.74 bits per heavy atom. The lowest BCUT2D eigenvalue weighted by Gasteiger charge is -2.08. The molecule has 0 atom stereocenters. The number of aromatic nitrogens is 2. The van der Waals surface area contributed by atoms with E-state index in [9.17, 15) is 9.50 Å². The number of nitrogens with zero attached hydrogens (tertiary/aromatic N) is 2. The van der Waals surface area contributed by atoms with Gasteiger partial charge in [0.1, 0.15) is 16.7 Å². The minimum atomic E-state index is -0.578. The number of phenols is 1. The first-order chi connectivity index (χ1) is 9.01. The lowest BCUT2D eigenvalue weighted by molar-refractivity contribution is 0.181. The molecule has 4 nitrogen and oxygen atoms in total. The maximum absolute atomic E-state index is 13.3. The van der Waals surface area contributed by atoms with Crippen molar-refractivity contribution in [2.24, 2.45) is 0 Å². The average Bonchev–Trinajstić information content (AvgIpc) is 2.33. The average molecular weight is 348 g/mol. The molecule has 1 N–H and O–H groups in total. The predicted molar refractivity (Wildman–Crippen MR) is 72.5 cm³/mol. The van der Waals surface area contributed by atoms with E-state index in [1.165, 1.54) is 19.2 Å². The van der Waals surface area contributed by atoms with Gasteiger partial charge < -0.3 is 9.84 Å². The molecule has 100 valence electrons. The number of methoxy groups -OCH3 is 1. The van der Waals surface area contributed by atoms with E-state index >= 15 is 0 Å². The highest BCUT2D eigenvalue weighted by molar-refractivity contribution is 9.10. The van der Waals surface area contributed by atoms with Gasteiger partial charge in [-0.15, -0.1) is 0 Å². The smallest absolute Gasteiger partial charge is 0.161 e. The molecule has 0 amide bonds. The Kier molecular flexibility index (Phi) is 4.34. The third-order valence-electron chi connectivity index (χ3n) is 2.30. The van der Waals surface area contributed by atoms with Gasteiger partial charge in [-0.05, 0) is 28.1 Å². The van der Waals surface area contributed by atoms with Crippen LogP contribution in [0.2, 0.25) is 5.15 Å². The Bertz CT molecular complexity index is 605. The summed E-state index contributed by atoms with van der Waals surface area (Å²) in [5.41, 5.74) is 0.880. The molecule has 2 rings (SSSR count). The molecule has 1 aromatic heterocycles. The van der Waals surface area contributed by atoms with Crippen molar-refractivity contribution in [2.75, 3.05) is 7.11 Å². The maximum Gasteiger partial charge on any atom is 0.161 e. The van der Waals surface area contributed by atoms with E-state index in [1.54, 1.807) is 0 Å². The van der Waals surface area contributed by atoms with E-state index in [2.05, 4.69) is 25.9 Å². The van der Waals surface area contributed by atoms with Crippen LogP contribution in [0.1, 0.15) is 5.69 Å². The molecule has 1 heterocycles. The molecule has 0 unspecified atom stereocenters. The van der Waals surface area contributed by atoms with Crippen LogP contribution < -0.4 is 0 Å². The number of hydrogen-bond acceptors (Lipinski definition) is 4. The fourth-order valence-electron chi connectivity index (χ4n) is 1.53. The first kappa shape index (κ1) is 14.2. The molecule has 0 aliphatic carbocycles. The molecular formula is C12H9BrClFN2O2. The summed E-state index contributed by atoms with van der Waals surface area (Å²) in [6.45, 7) is 0.233. The van der Waals surface area contributed by atoms with Crippen molar-refractivity contribution in [3.8, 4) is 17.1 Å². The molecule has 0 spiro atoms. The highest BCUT2D eigenvalue weighted by Gasteiger charge is 2.13. The quantitative estimate of drug-likeness (QED) is 0.863. The Morgan fingerprint density at radius 2 is 2.11 bits per heavy atom. The van der Waals surface area contributed by atoms with Gasteiger partial charge in [0, 0.05) is 18.7 Å². The summed E-state index contributed by atoms with van der Waals surface area (Å²) < 4.78 is 18.8. The van der Waals surface area contributed by atoms with Crippen LogP contribution in [0, 0.1) is 5.82 Å². The monoisotopic (exact) mass is 346 g/mol. The van der Waals surface area contributed by atoms with Gasteiger partial charge in [-0.3, -0.25) is 0 Å². The van der Waals surface area contributed by atoms with Gasteiger partial charge in [0.05, 0.1) is 16.8 Å². The third-order valence-corrected chi connectivity index (χ3v) is 3.64. The normalized spacial score (nSPS) is 10.7.